The van der Waals surface area contributed by atoms with Gasteiger partial charge in [-0.25, -0.2) is 0 Å². The maximum atomic E-state index is 12.0. The van der Waals surface area contributed by atoms with E-state index in [0.29, 0.717) is 11.3 Å². The van der Waals surface area contributed by atoms with Crippen molar-refractivity contribution < 1.29 is 9.59 Å². The van der Waals surface area contributed by atoms with E-state index >= 15 is 0 Å². The Morgan fingerprint density at radius 3 is 2.65 bits per heavy atom. The first-order chi connectivity index (χ1) is 9.60. The topological polar surface area (TPSA) is 85.1 Å². The molecule has 2 aromatic rings. The number of hydrogen-bond donors (Lipinski definition) is 2. The molecule has 3 N–H and O–H groups in total. The van der Waals surface area contributed by atoms with Crippen LogP contribution in [0, 0.1) is 12.3 Å². The van der Waals surface area contributed by atoms with E-state index in [1.807, 2.05) is 0 Å². The number of hydrogen-bond acceptors (Lipinski definition) is 3. The summed E-state index contributed by atoms with van der Waals surface area (Å²) in [7, 11) is 0. The Morgan fingerprint density at radius 1 is 1.25 bits per heavy atom. The van der Waals surface area contributed by atoms with Crippen molar-refractivity contribution in [3.05, 3.63) is 59.4 Å². The number of nitrogens with two attached hydrogens (primary N) is 1. The SMILES string of the molecule is C#Cc1cccc(NC(=O)c2ccc(C(N)=O)cn2)c1. The van der Waals surface area contributed by atoms with Gasteiger partial charge in [0.05, 0.1) is 5.56 Å². The Balaban J connectivity index is 2.15. The number of amides is 2. The first kappa shape index (κ1) is 13.3. The molecule has 1 aromatic heterocycles. The fraction of sp³-hybridized carbons (Fsp3) is 0. The van der Waals surface area contributed by atoms with Crippen LogP contribution in [0.5, 0.6) is 0 Å². The maximum absolute atomic E-state index is 12.0. The Hall–Kier alpha value is -3.13. The summed E-state index contributed by atoms with van der Waals surface area (Å²) in [5.74, 6) is 1.50. The smallest absolute Gasteiger partial charge is 0.274 e. The zero-order valence-corrected chi connectivity index (χ0v) is 10.5. The van der Waals surface area contributed by atoms with E-state index < -0.39 is 11.8 Å². The molecular weight excluding hydrogens is 254 g/mol. The van der Waals surface area contributed by atoms with Crippen molar-refractivity contribution >= 4 is 17.5 Å². The normalized spacial score (nSPS) is 9.55. The first-order valence-electron chi connectivity index (χ1n) is 5.74. The molecule has 0 saturated carbocycles. The molecule has 1 heterocycles. The molecule has 1 aromatic carbocycles. The van der Waals surface area contributed by atoms with E-state index in [0.717, 1.165) is 0 Å². The van der Waals surface area contributed by atoms with Crippen molar-refractivity contribution in [2.45, 2.75) is 0 Å². The van der Waals surface area contributed by atoms with Crippen molar-refractivity contribution in [2.75, 3.05) is 5.32 Å². The van der Waals surface area contributed by atoms with Gasteiger partial charge in [0.15, 0.2) is 0 Å². The second kappa shape index (κ2) is 5.67. The number of carbonyl (C=O) groups is 2. The largest absolute Gasteiger partial charge is 0.366 e. The van der Waals surface area contributed by atoms with Gasteiger partial charge in [-0.05, 0) is 30.3 Å². The van der Waals surface area contributed by atoms with Gasteiger partial charge in [0, 0.05) is 17.4 Å². The molecular formula is C15H11N3O2. The zero-order chi connectivity index (χ0) is 14.5. The van der Waals surface area contributed by atoms with Crippen molar-refractivity contribution in [1.82, 2.24) is 4.98 Å². The van der Waals surface area contributed by atoms with Crippen LogP contribution in [0.1, 0.15) is 26.4 Å². The van der Waals surface area contributed by atoms with Crippen molar-refractivity contribution in [1.29, 1.82) is 0 Å². The third-order valence-electron chi connectivity index (χ3n) is 2.57. The molecule has 0 unspecified atom stereocenters. The molecule has 0 atom stereocenters. The monoisotopic (exact) mass is 265 g/mol. The number of benzene rings is 1. The Bertz CT molecular complexity index is 700. The molecule has 0 aliphatic rings. The van der Waals surface area contributed by atoms with Crippen LogP contribution in [0.2, 0.25) is 0 Å². The average molecular weight is 265 g/mol. The molecule has 0 aliphatic heterocycles. The summed E-state index contributed by atoms with van der Waals surface area (Å²) in [4.78, 5) is 26.7. The molecule has 0 spiro atoms. The minimum absolute atomic E-state index is 0.182. The maximum Gasteiger partial charge on any atom is 0.274 e. The molecule has 0 saturated heterocycles. The summed E-state index contributed by atoms with van der Waals surface area (Å²) in [5.41, 5.74) is 6.77. The van der Waals surface area contributed by atoms with E-state index in [4.69, 9.17) is 12.2 Å². The molecule has 98 valence electrons. The predicted molar refractivity (Wildman–Crippen MR) is 75.1 cm³/mol. The van der Waals surface area contributed by atoms with Gasteiger partial charge in [0.2, 0.25) is 5.91 Å². The first-order valence-corrected chi connectivity index (χ1v) is 5.74. The quantitative estimate of drug-likeness (QED) is 0.823. The van der Waals surface area contributed by atoms with Crippen molar-refractivity contribution in [3.63, 3.8) is 0 Å². The summed E-state index contributed by atoms with van der Waals surface area (Å²) in [6.45, 7) is 0. The number of nitrogens with one attached hydrogen (secondary N) is 1. The second-order valence-electron chi connectivity index (χ2n) is 3.98. The fourth-order valence-corrected chi connectivity index (χ4v) is 1.56. The van der Waals surface area contributed by atoms with Crippen LogP contribution < -0.4 is 11.1 Å². The van der Waals surface area contributed by atoms with Crippen molar-refractivity contribution in [2.24, 2.45) is 5.73 Å². The standard InChI is InChI=1S/C15H11N3O2/c1-2-10-4-3-5-12(8-10)18-15(20)13-7-6-11(9-17-13)14(16)19/h1,3-9H,(H2,16,19)(H,18,20). The van der Waals surface area contributed by atoms with Crippen LogP contribution >= 0.6 is 0 Å². The highest BCUT2D eigenvalue weighted by atomic mass is 16.2. The van der Waals surface area contributed by atoms with Crippen LogP contribution in [-0.2, 0) is 0 Å². The van der Waals surface area contributed by atoms with Gasteiger partial charge >= 0.3 is 0 Å². The molecule has 0 fully saturated rings. The number of pyridine rings is 1. The molecule has 0 aliphatic carbocycles. The lowest BCUT2D eigenvalue weighted by atomic mass is 10.2. The zero-order valence-electron chi connectivity index (χ0n) is 10.5. The number of terminal acetylenes is 1. The third kappa shape index (κ3) is 3.00. The van der Waals surface area contributed by atoms with E-state index in [-0.39, 0.29) is 11.3 Å². The summed E-state index contributed by atoms with van der Waals surface area (Å²) >= 11 is 0. The lowest BCUT2D eigenvalue weighted by molar-refractivity contribution is 0.0993. The van der Waals surface area contributed by atoms with Gasteiger partial charge in [0.25, 0.3) is 5.91 Å². The number of nitrogens with zero attached hydrogens (tertiary/aromatic N) is 1. The Morgan fingerprint density at radius 2 is 2.05 bits per heavy atom. The number of primary amides is 1. The van der Waals surface area contributed by atoms with Gasteiger partial charge in [-0.2, -0.15) is 0 Å². The van der Waals surface area contributed by atoms with Crippen LogP contribution in [0.25, 0.3) is 0 Å². The van der Waals surface area contributed by atoms with E-state index in [9.17, 15) is 9.59 Å². The summed E-state index contributed by atoms with van der Waals surface area (Å²) in [6, 6.07) is 9.78. The molecule has 2 rings (SSSR count). The number of carbonyl (C=O) groups excluding carboxylic acids is 2. The molecule has 0 radical (unpaired) electrons. The molecule has 5 nitrogen and oxygen atoms in total. The molecule has 0 bridgehead atoms. The van der Waals surface area contributed by atoms with E-state index in [1.54, 1.807) is 24.3 Å². The summed E-state index contributed by atoms with van der Waals surface area (Å²) < 4.78 is 0. The number of anilines is 1. The highest BCUT2D eigenvalue weighted by Crippen LogP contribution is 2.11. The number of rotatable bonds is 3. The van der Waals surface area contributed by atoms with Crippen LogP contribution in [-0.4, -0.2) is 16.8 Å². The predicted octanol–water partition coefficient (Wildman–Crippen LogP) is 1.41. The van der Waals surface area contributed by atoms with Gasteiger partial charge in [-0.1, -0.05) is 12.0 Å². The Kier molecular flexibility index (Phi) is 3.77. The molecule has 20 heavy (non-hydrogen) atoms. The van der Waals surface area contributed by atoms with E-state index in [1.165, 1.54) is 18.3 Å². The lowest BCUT2D eigenvalue weighted by Crippen LogP contribution is -2.16. The van der Waals surface area contributed by atoms with Gasteiger partial charge in [-0.3, -0.25) is 14.6 Å². The van der Waals surface area contributed by atoms with Gasteiger partial charge in [-0.15, -0.1) is 6.42 Å². The highest BCUT2D eigenvalue weighted by molar-refractivity contribution is 6.03. The lowest BCUT2D eigenvalue weighted by Gasteiger charge is -2.05. The van der Waals surface area contributed by atoms with Crippen LogP contribution in [0.4, 0.5) is 5.69 Å². The second-order valence-corrected chi connectivity index (χ2v) is 3.98. The van der Waals surface area contributed by atoms with Crippen LogP contribution in [0.15, 0.2) is 42.6 Å². The Labute approximate surface area is 115 Å². The fourth-order valence-electron chi connectivity index (χ4n) is 1.56. The van der Waals surface area contributed by atoms with Gasteiger partial charge < -0.3 is 11.1 Å². The van der Waals surface area contributed by atoms with E-state index in [2.05, 4.69) is 16.2 Å². The average Bonchev–Trinajstić information content (AvgIpc) is 2.47. The summed E-state index contributed by atoms with van der Waals surface area (Å²) in [5, 5.41) is 2.67. The van der Waals surface area contributed by atoms with Crippen LogP contribution in [0.3, 0.4) is 0 Å². The summed E-state index contributed by atoms with van der Waals surface area (Å²) in [6.07, 6.45) is 6.55. The number of aromatic nitrogens is 1. The van der Waals surface area contributed by atoms with Gasteiger partial charge in [0.1, 0.15) is 5.69 Å². The third-order valence-corrected chi connectivity index (χ3v) is 2.57. The molecule has 2 amide bonds. The minimum Gasteiger partial charge on any atom is -0.366 e. The minimum atomic E-state index is -0.592. The molecule has 5 heteroatoms. The highest BCUT2D eigenvalue weighted by Gasteiger charge is 2.09. The van der Waals surface area contributed by atoms with Crippen molar-refractivity contribution in [3.8, 4) is 12.3 Å².